The van der Waals surface area contributed by atoms with E-state index in [9.17, 15) is 0 Å². The fraction of sp³-hybridized carbons (Fsp3) is 0.769. The van der Waals surface area contributed by atoms with Gasteiger partial charge in [-0.15, -0.1) is 0 Å². The highest BCUT2D eigenvalue weighted by atomic mass is 15.0. The summed E-state index contributed by atoms with van der Waals surface area (Å²) in [5.41, 5.74) is 1.68. The minimum atomic E-state index is 0.333. The number of imidazole rings is 1. The summed E-state index contributed by atoms with van der Waals surface area (Å²) < 4.78 is 2.28. The minimum absolute atomic E-state index is 0.333. The maximum atomic E-state index is 4.25. The van der Waals surface area contributed by atoms with Crippen molar-refractivity contribution < 1.29 is 0 Å². The van der Waals surface area contributed by atoms with Crippen LogP contribution in [0.3, 0.4) is 0 Å². The van der Waals surface area contributed by atoms with E-state index in [-0.39, 0.29) is 0 Å². The second kappa shape index (κ2) is 6.04. The monoisotopic (exact) mass is 223 g/mol. The number of nitrogens with one attached hydrogen (secondary N) is 1. The van der Waals surface area contributed by atoms with E-state index >= 15 is 0 Å². The number of aromatic nitrogens is 2. The second-order valence-electron chi connectivity index (χ2n) is 5.52. The number of hydrogen-bond acceptors (Lipinski definition) is 2. The second-order valence-corrected chi connectivity index (χ2v) is 5.52. The molecule has 1 N–H and O–H groups in total. The molecule has 0 saturated heterocycles. The highest BCUT2D eigenvalue weighted by Gasteiger charge is 2.14. The summed E-state index contributed by atoms with van der Waals surface area (Å²) in [5, 5.41) is 3.34. The van der Waals surface area contributed by atoms with Crippen LogP contribution in [0.15, 0.2) is 12.5 Å². The Balaban J connectivity index is 2.44. The van der Waals surface area contributed by atoms with Gasteiger partial charge in [-0.05, 0) is 31.3 Å². The molecule has 0 bridgehead atoms. The lowest BCUT2D eigenvalue weighted by Gasteiger charge is -2.19. The van der Waals surface area contributed by atoms with Crippen LogP contribution in [0.25, 0.3) is 0 Å². The molecule has 0 aromatic carbocycles. The predicted molar refractivity (Wildman–Crippen MR) is 68.5 cm³/mol. The van der Waals surface area contributed by atoms with E-state index < -0.39 is 0 Å². The van der Waals surface area contributed by atoms with Crippen LogP contribution in [0, 0.1) is 5.41 Å². The Morgan fingerprint density at radius 2 is 2.12 bits per heavy atom. The van der Waals surface area contributed by atoms with Gasteiger partial charge in [-0.2, -0.15) is 0 Å². The summed E-state index contributed by atoms with van der Waals surface area (Å²) in [6, 6.07) is 0. The molecule has 3 nitrogen and oxygen atoms in total. The Kier molecular flexibility index (Phi) is 5.00. The lowest BCUT2D eigenvalue weighted by molar-refractivity contribution is 0.396. The van der Waals surface area contributed by atoms with Gasteiger partial charge in [-0.25, -0.2) is 4.98 Å². The zero-order valence-electron chi connectivity index (χ0n) is 11.1. The fourth-order valence-electron chi connectivity index (χ4n) is 1.79. The molecule has 1 rings (SSSR count). The number of rotatable bonds is 6. The molecule has 0 aliphatic rings. The van der Waals surface area contributed by atoms with Crippen LogP contribution in [-0.2, 0) is 13.0 Å². The van der Waals surface area contributed by atoms with Gasteiger partial charge in [0.2, 0.25) is 0 Å². The zero-order valence-corrected chi connectivity index (χ0v) is 11.1. The first-order chi connectivity index (χ1) is 7.53. The summed E-state index contributed by atoms with van der Waals surface area (Å²) >= 11 is 0. The van der Waals surface area contributed by atoms with Crippen molar-refractivity contribution in [3.8, 4) is 0 Å². The third-order valence-corrected chi connectivity index (χ3v) is 2.51. The van der Waals surface area contributed by atoms with Crippen LogP contribution in [0.1, 0.15) is 39.8 Å². The topological polar surface area (TPSA) is 29.9 Å². The molecule has 0 fully saturated rings. The fourth-order valence-corrected chi connectivity index (χ4v) is 1.79. The molecule has 0 aliphatic heterocycles. The molecule has 0 radical (unpaired) electrons. The molecule has 0 atom stereocenters. The van der Waals surface area contributed by atoms with Crippen LogP contribution in [-0.4, -0.2) is 22.6 Å². The molecule has 1 aromatic heterocycles. The molecule has 1 aromatic rings. The Labute approximate surface area is 99.3 Å². The van der Waals surface area contributed by atoms with Crippen molar-refractivity contribution >= 4 is 0 Å². The maximum Gasteiger partial charge on any atom is 0.0948 e. The van der Waals surface area contributed by atoms with Crippen molar-refractivity contribution in [3.63, 3.8) is 0 Å². The molecule has 0 saturated carbocycles. The van der Waals surface area contributed by atoms with Gasteiger partial charge in [0.05, 0.1) is 6.33 Å². The number of hydrogen-bond donors (Lipinski definition) is 1. The number of nitrogens with zero attached hydrogens (tertiary/aromatic N) is 2. The lowest BCUT2D eigenvalue weighted by atomic mass is 9.91. The molecule has 0 spiro atoms. The molecule has 92 valence electrons. The SMILES string of the molecule is CCNCCCn1cncc1CC(C)(C)C. The highest BCUT2D eigenvalue weighted by Crippen LogP contribution is 2.20. The Bertz CT molecular complexity index is 296. The van der Waals surface area contributed by atoms with Gasteiger partial charge in [0.1, 0.15) is 0 Å². The van der Waals surface area contributed by atoms with Crippen molar-refractivity contribution in [3.05, 3.63) is 18.2 Å². The average molecular weight is 223 g/mol. The molecule has 1 heterocycles. The Hall–Kier alpha value is -0.830. The Morgan fingerprint density at radius 3 is 2.75 bits per heavy atom. The van der Waals surface area contributed by atoms with Crippen molar-refractivity contribution in [1.82, 2.24) is 14.9 Å². The van der Waals surface area contributed by atoms with E-state index in [0.29, 0.717) is 5.41 Å². The summed E-state index contributed by atoms with van der Waals surface area (Å²) in [7, 11) is 0. The predicted octanol–water partition coefficient (Wildman–Crippen LogP) is 2.47. The van der Waals surface area contributed by atoms with Crippen LogP contribution in [0.2, 0.25) is 0 Å². The highest BCUT2D eigenvalue weighted by molar-refractivity contribution is 5.01. The van der Waals surface area contributed by atoms with E-state index in [0.717, 1.165) is 26.1 Å². The molecular weight excluding hydrogens is 198 g/mol. The number of aryl methyl sites for hydroxylation is 1. The van der Waals surface area contributed by atoms with Gasteiger partial charge < -0.3 is 9.88 Å². The summed E-state index contributed by atoms with van der Waals surface area (Å²) in [6.45, 7) is 12.2. The molecule has 0 aliphatic carbocycles. The standard InChI is InChI=1S/C13H25N3/c1-5-14-7-6-8-16-11-15-10-12(16)9-13(2,3)4/h10-11,14H,5-9H2,1-4H3. The summed E-state index contributed by atoms with van der Waals surface area (Å²) in [5.74, 6) is 0. The first kappa shape index (κ1) is 13.2. The van der Waals surface area contributed by atoms with Gasteiger partial charge >= 0.3 is 0 Å². The van der Waals surface area contributed by atoms with E-state index in [1.807, 2.05) is 12.5 Å². The zero-order chi connectivity index (χ0) is 12.0. The van der Waals surface area contributed by atoms with Crippen molar-refractivity contribution in [1.29, 1.82) is 0 Å². The quantitative estimate of drug-likeness (QED) is 0.751. The van der Waals surface area contributed by atoms with Gasteiger partial charge in [0.25, 0.3) is 0 Å². The van der Waals surface area contributed by atoms with E-state index in [4.69, 9.17) is 0 Å². The molecule has 0 amide bonds. The minimum Gasteiger partial charge on any atom is -0.335 e. The first-order valence-corrected chi connectivity index (χ1v) is 6.22. The molecule has 0 unspecified atom stereocenters. The van der Waals surface area contributed by atoms with Crippen LogP contribution in [0.4, 0.5) is 0 Å². The smallest absolute Gasteiger partial charge is 0.0948 e. The van der Waals surface area contributed by atoms with E-state index in [1.54, 1.807) is 0 Å². The average Bonchev–Trinajstić information content (AvgIpc) is 2.58. The van der Waals surface area contributed by atoms with Crippen molar-refractivity contribution in [2.24, 2.45) is 5.41 Å². The third-order valence-electron chi connectivity index (χ3n) is 2.51. The Morgan fingerprint density at radius 1 is 1.38 bits per heavy atom. The van der Waals surface area contributed by atoms with Gasteiger partial charge in [0, 0.05) is 18.4 Å². The van der Waals surface area contributed by atoms with Crippen molar-refractivity contribution in [2.75, 3.05) is 13.1 Å². The van der Waals surface area contributed by atoms with Crippen LogP contribution >= 0.6 is 0 Å². The van der Waals surface area contributed by atoms with Gasteiger partial charge in [-0.1, -0.05) is 27.7 Å². The third kappa shape index (κ3) is 4.79. The summed E-state index contributed by atoms with van der Waals surface area (Å²) in [6.07, 6.45) is 6.21. The lowest BCUT2D eigenvalue weighted by Crippen LogP contribution is -2.17. The molecule has 3 heteroatoms. The van der Waals surface area contributed by atoms with E-state index in [2.05, 4.69) is 42.6 Å². The molecular formula is C13H25N3. The van der Waals surface area contributed by atoms with Crippen LogP contribution in [0.5, 0.6) is 0 Å². The van der Waals surface area contributed by atoms with Gasteiger partial charge in [0.15, 0.2) is 0 Å². The van der Waals surface area contributed by atoms with Gasteiger partial charge in [-0.3, -0.25) is 0 Å². The largest absolute Gasteiger partial charge is 0.335 e. The molecule has 16 heavy (non-hydrogen) atoms. The van der Waals surface area contributed by atoms with Crippen molar-refractivity contribution in [2.45, 2.75) is 47.1 Å². The normalized spacial score (nSPS) is 12.0. The first-order valence-electron chi connectivity index (χ1n) is 6.22. The summed E-state index contributed by atoms with van der Waals surface area (Å²) in [4.78, 5) is 4.25. The maximum absolute atomic E-state index is 4.25. The van der Waals surface area contributed by atoms with Crippen LogP contribution < -0.4 is 5.32 Å². The van der Waals surface area contributed by atoms with E-state index in [1.165, 1.54) is 12.1 Å².